The van der Waals surface area contributed by atoms with Gasteiger partial charge in [-0.2, -0.15) is 5.26 Å². The van der Waals surface area contributed by atoms with Gasteiger partial charge in [0.05, 0.1) is 17.7 Å². The van der Waals surface area contributed by atoms with E-state index in [1.165, 1.54) is 0 Å². The van der Waals surface area contributed by atoms with Crippen LogP contribution in [0.25, 0.3) is 10.6 Å². The van der Waals surface area contributed by atoms with Crippen LogP contribution in [-0.4, -0.2) is 9.97 Å². The van der Waals surface area contributed by atoms with E-state index in [4.69, 9.17) is 0 Å². The van der Waals surface area contributed by atoms with E-state index in [1.54, 1.807) is 11.3 Å². The van der Waals surface area contributed by atoms with E-state index in [-0.39, 0.29) is 5.92 Å². The highest BCUT2D eigenvalue weighted by molar-refractivity contribution is 7.15. The first-order chi connectivity index (χ1) is 8.13. The Morgan fingerprint density at radius 3 is 2.76 bits per heavy atom. The number of aryl methyl sites for hydroxylation is 1. The van der Waals surface area contributed by atoms with E-state index in [0.29, 0.717) is 5.92 Å². The van der Waals surface area contributed by atoms with Crippen LogP contribution in [0, 0.1) is 24.2 Å². The number of nitrogens with zero attached hydrogens (tertiary/aromatic N) is 2. The van der Waals surface area contributed by atoms with E-state index in [9.17, 15) is 5.26 Å². The highest BCUT2D eigenvalue weighted by Crippen LogP contribution is 2.35. The molecule has 2 heterocycles. The highest BCUT2D eigenvalue weighted by atomic mass is 32.1. The smallest absolute Gasteiger partial charge is 0.125 e. The normalized spacial score (nSPS) is 12.6. The predicted molar refractivity (Wildman–Crippen MR) is 69.8 cm³/mol. The molecular formula is C13H15N3S. The maximum atomic E-state index is 9.24. The molecule has 17 heavy (non-hydrogen) atoms. The van der Waals surface area contributed by atoms with Crippen LogP contribution in [-0.2, 0) is 0 Å². The van der Waals surface area contributed by atoms with Gasteiger partial charge in [0.15, 0.2) is 0 Å². The number of nitriles is 1. The monoisotopic (exact) mass is 245 g/mol. The van der Waals surface area contributed by atoms with Crippen molar-refractivity contribution in [3.05, 3.63) is 29.0 Å². The molecule has 2 aromatic heterocycles. The second-order valence-electron chi connectivity index (χ2n) is 4.42. The lowest BCUT2D eigenvalue weighted by Crippen LogP contribution is -2.03. The number of H-pyrrole nitrogens is 1. The average Bonchev–Trinajstić information content (AvgIpc) is 2.89. The van der Waals surface area contributed by atoms with E-state index >= 15 is 0 Å². The van der Waals surface area contributed by atoms with Crippen LogP contribution in [0.5, 0.6) is 0 Å². The molecule has 0 aliphatic rings. The van der Waals surface area contributed by atoms with Gasteiger partial charge in [-0.3, -0.25) is 0 Å². The van der Waals surface area contributed by atoms with Crippen molar-refractivity contribution in [1.82, 2.24) is 9.97 Å². The van der Waals surface area contributed by atoms with Gasteiger partial charge < -0.3 is 4.98 Å². The first-order valence-electron chi connectivity index (χ1n) is 5.63. The summed E-state index contributed by atoms with van der Waals surface area (Å²) >= 11 is 1.62. The molecule has 2 aromatic rings. The van der Waals surface area contributed by atoms with Crippen molar-refractivity contribution in [3.63, 3.8) is 0 Å². The maximum absolute atomic E-state index is 9.24. The molecule has 0 aliphatic heterocycles. The van der Waals surface area contributed by atoms with Gasteiger partial charge in [0.2, 0.25) is 0 Å². The van der Waals surface area contributed by atoms with Crippen molar-refractivity contribution in [2.24, 2.45) is 5.92 Å². The summed E-state index contributed by atoms with van der Waals surface area (Å²) in [5.74, 6) is 0.262. The lowest BCUT2D eigenvalue weighted by Gasteiger charge is -2.10. The van der Waals surface area contributed by atoms with Crippen LogP contribution in [0.3, 0.4) is 0 Å². The van der Waals surface area contributed by atoms with Crippen LogP contribution in [0.2, 0.25) is 0 Å². The standard InChI is InChI=1S/C13H15N3S/c1-8(2)11(6-14)12-9(3)16-13(17-12)10-4-5-15-7-10/h4-5,7-8,11,15H,1-3H3. The molecule has 0 fully saturated rings. The molecule has 2 rings (SSSR count). The quantitative estimate of drug-likeness (QED) is 0.896. The summed E-state index contributed by atoms with van der Waals surface area (Å²) in [4.78, 5) is 8.67. The SMILES string of the molecule is Cc1nc(-c2cc[nH]c2)sc1C(C#N)C(C)C. The topological polar surface area (TPSA) is 52.5 Å². The molecular weight excluding hydrogens is 230 g/mol. The molecule has 1 unspecified atom stereocenters. The summed E-state index contributed by atoms with van der Waals surface area (Å²) in [5.41, 5.74) is 2.07. The zero-order valence-electron chi connectivity index (χ0n) is 10.2. The Labute approximate surface area is 105 Å². The molecule has 0 bridgehead atoms. The Morgan fingerprint density at radius 2 is 2.24 bits per heavy atom. The van der Waals surface area contributed by atoms with Gasteiger partial charge in [0.25, 0.3) is 0 Å². The number of aromatic nitrogens is 2. The molecule has 0 spiro atoms. The fourth-order valence-electron chi connectivity index (χ4n) is 1.79. The van der Waals surface area contributed by atoms with Crippen molar-refractivity contribution in [3.8, 4) is 16.6 Å². The van der Waals surface area contributed by atoms with Crippen LogP contribution >= 0.6 is 11.3 Å². The number of aromatic amines is 1. The maximum Gasteiger partial charge on any atom is 0.125 e. The average molecular weight is 245 g/mol. The zero-order chi connectivity index (χ0) is 12.4. The molecule has 0 radical (unpaired) electrons. The van der Waals surface area contributed by atoms with Gasteiger partial charge >= 0.3 is 0 Å². The molecule has 1 atom stereocenters. The number of nitrogens with one attached hydrogen (secondary N) is 1. The Hall–Kier alpha value is -1.60. The van der Waals surface area contributed by atoms with Crippen molar-refractivity contribution in [2.45, 2.75) is 26.7 Å². The molecule has 0 amide bonds. The lowest BCUT2D eigenvalue weighted by molar-refractivity contribution is 0.591. The number of hydrogen-bond donors (Lipinski definition) is 1. The van der Waals surface area contributed by atoms with Crippen LogP contribution < -0.4 is 0 Å². The number of hydrogen-bond acceptors (Lipinski definition) is 3. The van der Waals surface area contributed by atoms with E-state index < -0.39 is 0 Å². The fraction of sp³-hybridized carbons (Fsp3) is 0.385. The van der Waals surface area contributed by atoms with Crippen molar-refractivity contribution < 1.29 is 0 Å². The third-order valence-electron chi connectivity index (χ3n) is 2.77. The summed E-state index contributed by atoms with van der Waals surface area (Å²) in [5, 5.41) is 10.2. The van der Waals surface area contributed by atoms with Gasteiger partial charge in [-0.05, 0) is 18.9 Å². The summed E-state index contributed by atoms with van der Waals surface area (Å²) in [6, 6.07) is 4.38. The third kappa shape index (κ3) is 2.25. The zero-order valence-corrected chi connectivity index (χ0v) is 11.0. The van der Waals surface area contributed by atoms with Gasteiger partial charge in [0.1, 0.15) is 5.01 Å². The van der Waals surface area contributed by atoms with E-state index in [1.807, 2.05) is 25.4 Å². The molecule has 88 valence electrons. The third-order valence-corrected chi connectivity index (χ3v) is 4.06. The molecule has 3 nitrogen and oxygen atoms in total. The van der Waals surface area contributed by atoms with Crippen molar-refractivity contribution >= 4 is 11.3 Å². The van der Waals surface area contributed by atoms with Gasteiger partial charge in [-0.25, -0.2) is 4.98 Å². The van der Waals surface area contributed by atoms with Crippen LogP contribution in [0.15, 0.2) is 18.5 Å². The first-order valence-corrected chi connectivity index (χ1v) is 6.45. The molecule has 1 N–H and O–H groups in total. The van der Waals surface area contributed by atoms with Gasteiger partial charge in [-0.15, -0.1) is 11.3 Å². The summed E-state index contributed by atoms with van der Waals surface area (Å²) in [6.07, 6.45) is 3.81. The Morgan fingerprint density at radius 1 is 1.47 bits per heavy atom. The Balaban J connectivity index is 2.41. The van der Waals surface area contributed by atoms with E-state index in [2.05, 4.69) is 29.9 Å². The lowest BCUT2D eigenvalue weighted by atomic mass is 9.95. The molecule has 0 aliphatic carbocycles. The first kappa shape index (κ1) is 11.9. The predicted octanol–water partition coefficient (Wildman–Crippen LogP) is 3.71. The largest absolute Gasteiger partial charge is 0.367 e. The summed E-state index contributed by atoms with van der Waals surface area (Å²) < 4.78 is 0. The molecule has 0 saturated heterocycles. The minimum absolute atomic E-state index is 0.0554. The molecule has 0 aromatic carbocycles. The van der Waals surface area contributed by atoms with E-state index in [0.717, 1.165) is 21.1 Å². The molecule has 0 saturated carbocycles. The molecule has 4 heteroatoms. The van der Waals surface area contributed by atoms with Gasteiger partial charge in [0, 0.05) is 22.8 Å². The highest BCUT2D eigenvalue weighted by Gasteiger charge is 2.21. The van der Waals surface area contributed by atoms with Crippen LogP contribution in [0.4, 0.5) is 0 Å². The minimum Gasteiger partial charge on any atom is -0.367 e. The van der Waals surface area contributed by atoms with Crippen LogP contribution in [0.1, 0.15) is 30.3 Å². The Bertz CT molecular complexity index is 532. The van der Waals surface area contributed by atoms with Crippen molar-refractivity contribution in [1.29, 1.82) is 5.26 Å². The number of rotatable bonds is 3. The second-order valence-corrected chi connectivity index (χ2v) is 5.45. The summed E-state index contributed by atoms with van der Waals surface area (Å²) in [6.45, 7) is 6.13. The Kier molecular flexibility index (Phi) is 3.30. The van der Waals surface area contributed by atoms with Crippen molar-refractivity contribution in [2.75, 3.05) is 0 Å². The minimum atomic E-state index is -0.0554. The van der Waals surface area contributed by atoms with Gasteiger partial charge in [-0.1, -0.05) is 13.8 Å². The summed E-state index contributed by atoms with van der Waals surface area (Å²) in [7, 11) is 0. The fourth-order valence-corrected chi connectivity index (χ4v) is 3.07. The second kappa shape index (κ2) is 4.72. The number of thiazole rings is 1.